The van der Waals surface area contributed by atoms with Crippen molar-refractivity contribution in [1.29, 1.82) is 0 Å². The van der Waals surface area contributed by atoms with E-state index in [9.17, 15) is 14.4 Å². The second kappa shape index (κ2) is 39.6. The second-order valence-corrected chi connectivity index (χ2v) is 15.6. The smallest absolute Gasteiger partial charge is 0.306 e. The van der Waals surface area contributed by atoms with Crippen LogP contribution in [0, 0.1) is 5.92 Å². The molecule has 0 saturated carbocycles. The van der Waals surface area contributed by atoms with Crippen LogP contribution in [0.4, 0.5) is 0 Å². The summed E-state index contributed by atoms with van der Waals surface area (Å²) in [6.07, 6.45) is 38.0. The molecule has 0 spiro atoms. The Morgan fingerprint density at radius 2 is 0.686 bits per heavy atom. The number of rotatable bonds is 40. The molecule has 0 aliphatic heterocycles. The van der Waals surface area contributed by atoms with E-state index in [4.69, 9.17) is 14.2 Å². The van der Waals surface area contributed by atoms with E-state index in [-0.39, 0.29) is 31.1 Å². The van der Waals surface area contributed by atoms with Crippen LogP contribution in [0.2, 0.25) is 0 Å². The summed E-state index contributed by atoms with van der Waals surface area (Å²) in [5, 5.41) is 0. The molecule has 0 aliphatic carbocycles. The van der Waals surface area contributed by atoms with Gasteiger partial charge in [0.1, 0.15) is 13.2 Å². The van der Waals surface area contributed by atoms with Crippen LogP contribution in [0.1, 0.15) is 246 Å². The number of hydrogen-bond acceptors (Lipinski definition) is 6. The van der Waals surface area contributed by atoms with E-state index >= 15 is 0 Å². The van der Waals surface area contributed by atoms with Gasteiger partial charge in [0, 0.05) is 19.3 Å². The molecule has 0 rings (SSSR count). The molecule has 6 nitrogen and oxygen atoms in total. The van der Waals surface area contributed by atoms with Crippen LogP contribution >= 0.6 is 0 Å². The van der Waals surface area contributed by atoms with Gasteiger partial charge in [0.25, 0.3) is 0 Å². The molecule has 0 aromatic carbocycles. The fraction of sp³-hybridized carbons (Fsp3) is 0.933. The first kappa shape index (κ1) is 49.4. The molecule has 0 amide bonds. The third kappa shape index (κ3) is 38.0. The molecule has 51 heavy (non-hydrogen) atoms. The lowest BCUT2D eigenvalue weighted by Crippen LogP contribution is -2.30. The summed E-state index contributed by atoms with van der Waals surface area (Å²) in [5.41, 5.74) is 0. The molecule has 0 saturated heterocycles. The SMILES string of the molecule is CCCCCCCCCCCCCCC(=O)OC[C@@H](COC(=O)CCCCCCCCC)OC(=O)CCCCCCCCCCCCC(C)CC. The third-order valence-corrected chi connectivity index (χ3v) is 10.4. The van der Waals surface area contributed by atoms with Crippen molar-refractivity contribution in [3.05, 3.63) is 0 Å². The lowest BCUT2D eigenvalue weighted by Gasteiger charge is -2.18. The molecular formula is C45H86O6. The van der Waals surface area contributed by atoms with Gasteiger partial charge in [0.05, 0.1) is 0 Å². The molecule has 0 aliphatic rings. The highest BCUT2D eigenvalue weighted by atomic mass is 16.6. The standard InChI is InChI=1S/C45H86O6/c1-5-8-10-12-14-15-16-17-21-25-29-33-37-44(47)50-40-42(39-49-43(46)36-32-28-23-13-11-9-6-2)51-45(48)38-34-30-26-22-19-18-20-24-27-31-35-41(4)7-3/h41-42H,5-40H2,1-4H3/t41?,42-/m1/s1. The van der Waals surface area contributed by atoms with Gasteiger partial charge < -0.3 is 14.2 Å². The highest BCUT2D eigenvalue weighted by Gasteiger charge is 2.19. The van der Waals surface area contributed by atoms with Crippen molar-refractivity contribution in [3.63, 3.8) is 0 Å². The summed E-state index contributed by atoms with van der Waals surface area (Å²) >= 11 is 0. The first-order chi connectivity index (χ1) is 24.9. The van der Waals surface area contributed by atoms with Crippen molar-refractivity contribution in [2.45, 2.75) is 252 Å². The molecule has 0 aromatic heterocycles. The van der Waals surface area contributed by atoms with Gasteiger partial charge in [-0.3, -0.25) is 14.4 Å². The van der Waals surface area contributed by atoms with Gasteiger partial charge in [-0.15, -0.1) is 0 Å². The van der Waals surface area contributed by atoms with Crippen LogP contribution in [-0.4, -0.2) is 37.2 Å². The maximum atomic E-state index is 12.7. The Hall–Kier alpha value is -1.59. The predicted octanol–water partition coefficient (Wildman–Crippen LogP) is 13.9. The average molecular weight is 723 g/mol. The largest absolute Gasteiger partial charge is 0.462 e. The van der Waals surface area contributed by atoms with Gasteiger partial charge in [0.2, 0.25) is 0 Å². The molecule has 6 heteroatoms. The lowest BCUT2D eigenvalue weighted by atomic mass is 9.99. The molecule has 0 N–H and O–H groups in total. The van der Waals surface area contributed by atoms with Gasteiger partial charge in [-0.25, -0.2) is 0 Å². The van der Waals surface area contributed by atoms with E-state index < -0.39 is 6.10 Å². The van der Waals surface area contributed by atoms with Crippen molar-refractivity contribution >= 4 is 17.9 Å². The minimum absolute atomic E-state index is 0.0643. The number of unbranched alkanes of at least 4 members (excludes halogenated alkanes) is 26. The van der Waals surface area contributed by atoms with Gasteiger partial charge in [-0.2, -0.15) is 0 Å². The van der Waals surface area contributed by atoms with Crippen molar-refractivity contribution in [3.8, 4) is 0 Å². The van der Waals surface area contributed by atoms with Crippen molar-refractivity contribution < 1.29 is 28.6 Å². The Labute approximate surface area is 317 Å². The summed E-state index contributed by atoms with van der Waals surface area (Å²) in [5.74, 6) is 0.00577. The minimum atomic E-state index is -0.758. The first-order valence-electron chi connectivity index (χ1n) is 22.4. The Kier molecular flexibility index (Phi) is 38.4. The van der Waals surface area contributed by atoms with Gasteiger partial charge >= 0.3 is 17.9 Å². The molecule has 302 valence electrons. The van der Waals surface area contributed by atoms with Crippen LogP contribution in [-0.2, 0) is 28.6 Å². The van der Waals surface area contributed by atoms with Crippen LogP contribution in [0.3, 0.4) is 0 Å². The van der Waals surface area contributed by atoms with E-state index in [2.05, 4.69) is 27.7 Å². The van der Waals surface area contributed by atoms with E-state index in [0.717, 1.165) is 63.7 Å². The maximum Gasteiger partial charge on any atom is 0.306 e. The zero-order valence-corrected chi connectivity index (χ0v) is 34.6. The number of ether oxygens (including phenoxy) is 3. The van der Waals surface area contributed by atoms with Crippen molar-refractivity contribution in [1.82, 2.24) is 0 Å². The highest BCUT2D eigenvalue weighted by molar-refractivity contribution is 5.71. The van der Waals surface area contributed by atoms with Crippen molar-refractivity contribution in [2.75, 3.05) is 13.2 Å². The molecule has 0 fully saturated rings. The fourth-order valence-corrected chi connectivity index (χ4v) is 6.59. The summed E-state index contributed by atoms with van der Waals surface area (Å²) in [6, 6.07) is 0. The Balaban J connectivity index is 4.29. The van der Waals surface area contributed by atoms with Gasteiger partial charge in [-0.1, -0.05) is 207 Å². The topological polar surface area (TPSA) is 78.9 Å². The number of carbonyl (C=O) groups is 3. The predicted molar refractivity (Wildman–Crippen MR) is 215 cm³/mol. The van der Waals surface area contributed by atoms with E-state index in [1.54, 1.807) is 0 Å². The molecule has 2 atom stereocenters. The minimum Gasteiger partial charge on any atom is -0.462 e. The zero-order valence-electron chi connectivity index (χ0n) is 34.6. The molecule has 0 heterocycles. The maximum absolute atomic E-state index is 12.7. The monoisotopic (exact) mass is 723 g/mol. The van der Waals surface area contributed by atoms with Crippen LogP contribution in [0.5, 0.6) is 0 Å². The van der Waals surface area contributed by atoms with Gasteiger partial charge in [-0.05, 0) is 25.2 Å². The average Bonchev–Trinajstić information content (AvgIpc) is 3.13. The van der Waals surface area contributed by atoms with E-state index in [0.29, 0.717) is 19.3 Å². The lowest BCUT2D eigenvalue weighted by molar-refractivity contribution is -0.167. The Bertz CT molecular complexity index is 768. The Morgan fingerprint density at radius 1 is 0.392 bits per heavy atom. The van der Waals surface area contributed by atoms with E-state index in [1.807, 2.05) is 0 Å². The van der Waals surface area contributed by atoms with Crippen molar-refractivity contribution in [2.24, 2.45) is 5.92 Å². The summed E-state index contributed by atoms with van der Waals surface area (Å²) in [7, 11) is 0. The number of hydrogen-bond donors (Lipinski definition) is 0. The fourth-order valence-electron chi connectivity index (χ4n) is 6.59. The molecule has 0 radical (unpaired) electrons. The molecule has 1 unspecified atom stereocenters. The van der Waals surface area contributed by atoms with Crippen LogP contribution in [0.25, 0.3) is 0 Å². The molecule has 0 aromatic rings. The zero-order chi connectivity index (χ0) is 37.5. The third-order valence-electron chi connectivity index (χ3n) is 10.4. The Morgan fingerprint density at radius 3 is 1.02 bits per heavy atom. The quantitative estimate of drug-likeness (QED) is 0.0356. The summed E-state index contributed by atoms with van der Waals surface area (Å²) in [4.78, 5) is 37.5. The normalized spacial score (nSPS) is 12.5. The second-order valence-electron chi connectivity index (χ2n) is 15.6. The molecular weight excluding hydrogens is 636 g/mol. The first-order valence-corrected chi connectivity index (χ1v) is 22.4. The van der Waals surface area contributed by atoms with Crippen LogP contribution < -0.4 is 0 Å². The molecule has 0 bridgehead atoms. The van der Waals surface area contributed by atoms with Crippen LogP contribution in [0.15, 0.2) is 0 Å². The number of carbonyl (C=O) groups excluding carboxylic acids is 3. The summed E-state index contributed by atoms with van der Waals surface area (Å²) in [6.45, 7) is 8.97. The highest BCUT2D eigenvalue weighted by Crippen LogP contribution is 2.17. The van der Waals surface area contributed by atoms with E-state index in [1.165, 1.54) is 141 Å². The number of esters is 3. The van der Waals surface area contributed by atoms with Gasteiger partial charge in [0.15, 0.2) is 6.10 Å². The summed E-state index contributed by atoms with van der Waals surface area (Å²) < 4.78 is 16.7.